The highest BCUT2D eigenvalue weighted by molar-refractivity contribution is 7.91. The second-order valence-electron chi connectivity index (χ2n) is 4.96. The number of hydrogen-bond acceptors (Lipinski definition) is 6. The molecule has 1 heterocycles. The molecule has 2 aromatic rings. The van der Waals surface area contributed by atoms with Crippen LogP contribution in [0, 0.1) is 6.92 Å². The van der Waals surface area contributed by atoms with Gasteiger partial charge in [-0.05, 0) is 30.5 Å². The molecule has 0 radical (unpaired) electrons. The standard InChI is InChI=1S/C16H19NO5S2/c1-13-4-6-14(7-5-13)21-10-11-22-15(18)8-9-17-24(19,20)16-3-2-12-23-16/h2-7,12,17H,8-11H2,1H3. The molecule has 1 N–H and O–H groups in total. The van der Waals surface area contributed by atoms with Gasteiger partial charge in [0.2, 0.25) is 10.0 Å². The largest absolute Gasteiger partial charge is 0.490 e. The van der Waals surface area contributed by atoms with Gasteiger partial charge in [0.1, 0.15) is 23.2 Å². The molecule has 1 aromatic carbocycles. The van der Waals surface area contributed by atoms with Gasteiger partial charge in [0.05, 0.1) is 6.42 Å². The van der Waals surface area contributed by atoms with E-state index in [4.69, 9.17) is 9.47 Å². The molecule has 0 fully saturated rings. The lowest BCUT2D eigenvalue weighted by Crippen LogP contribution is -2.26. The van der Waals surface area contributed by atoms with Crippen molar-refractivity contribution < 1.29 is 22.7 Å². The highest BCUT2D eigenvalue weighted by Crippen LogP contribution is 2.15. The molecule has 0 aliphatic carbocycles. The van der Waals surface area contributed by atoms with Crippen molar-refractivity contribution in [2.75, 3.05) is 19.8 Å². The van der Waals surface area contributed by atoms with E-state index in [1.54, 1.807) is 11.4 Å². The molecular weight excluding hydrogens is 350 g/mol. The van der Waals surface area contributed by atoms with E-state index in [0.717, 1.165) is 16.9 Å². The van der Waals surface area contributed by atoms with Gasteiger partial charge in [-0.1, -0.05) is 23.8 Å². The Hall–Kier alpha value is -1.90. The van der Waals surface area contributed by atoms with Gasteiger partial charge >= 0.3 is 5.97 Å². The molecular formula is C16H19NO5S2. The topological polar surface area (TPSA) is 81.7 Å². The van der Waals surface area contributed by atoms with Crippen molar-refractivity contribution in [3.05, 3.63) is 47.3 Å². The minimum Gasteiger partial charge on any atom is -0.490 e. The molecule has 2 rings (SSSR count). The Morgan fingerprint density at radius 2 is 1.92 bits per heavy atom. The smallest absolute Gasteiger partial charge is 0.307 e. The Morgan fingerprint density at radius 3 is 2.58 bits per heavy atom. The van der Waals surface area contributed by atoms with Crippen LogP contribution in [0.5, 0.6) is 5.75 Å². The van der Waals surface area contributed by atoms with E-state index in [2.05, 4.69) is 4.72 Å². The fraction of sp³-hybridized carbons (Fsp3) is 0.312. The third-order valence-corrected chi connectivity index (χ3v) is 5.88. The average molecular weight is 369 g/mol. The summed E-state index contributed by atoms with van der Waals surface area (Å²) in [5, 5.41) is 1.68. The molecule has 0 aliphatic rings. The molecule has 0 saturated carbocycles. The summed E-state index contributed by atoms with van der Waals surface area (Å²) in [6.07, 6.45) is -0.0326. The van der Waals surface area contributed by atoms with Crippen LogP contribution in [0.15, 0.2) is 46.0 Å². The maximum absolute atomic E-state index is 11.8. The molecule has 0 aliphatic heterocycles. The molecule has 1 aromatic heterocycles. The summed E-state index contributed by atoms with van der Waals surface area (Å²) in [5.74, 6) is 0.233. The Morgan fingerprint density at radius 1 is 1.17 bits per heavy atom. The van der Waals surface area contributed by atoms with Crippen molar-refractivity contribution in [2.45, 2.75) is 17.6 Å². The first kappa shape index (κ1) is 18.4. The van der Waals surface area contributed by atoms with Crippen molar-refractivity contribution in [1.29, 1.82) is 0 Å². The molecule has 24 heavy (non-hydrogen) atoms. The number of aryl methyl sites for hydroxylation is 1. The minimum absolute atomic E-state index is 0.00210. The molecule has 0 amide bonds. The van der Waals surface area contributed by atoms with Crippen LogP contribution in [0.2, 0.25) is 0 Å². The Kier molecular flexibility index (Phi) is 6.77. The zero-order valence-electron chi connectivity index (χ0n) is 13.2. The van der Waals surface area contributed by atoms with Gasteiger partial charge < -0.3 is 9.47 Å². The summed E-state index contributed by atoms with van der Waals surface area (Å²) < 4.78 is 36.7. The monoisotopic (exact) mass is 369 g/mol. The Labute approximate surface area is 145 Å². The van der Waals surface area contributed by atoms with Crippen molar-refractivity contribution in [3.8, 4) is 5.75 Å². The molecule has 6 nitrogen and oxygen atoms in total. The van der Waals surface area contributed by atoms with E-state index in [9.17, 15) is 13.2 Å². The van der Waals surface area contributed by atoms with Crippen LogP contribution < -0.4 is 9.46 Å². The van der Waals surface area contributed by atoms with E-state index in [1.165, 1.54) is 6.07 Å². The van der Waals surface area contributed by atoms with Gasteiger partial charge in [-0.25, -0.2) is 13.1 Å². The molecule has 0 bridgehead atoms. The van der Waals surface area contributed by atoms with Gasteiger partial charge in [-0.15, -0.1) is 11.3 Å². The lowest BCUT2D eigenvalue weighted by molar-refractivity contribution is -0.144. The van der Waals surface area contributed by atoms with Crippen LogP contribution in [0.3, 0.4) is 0 Å². The minimum atomic E-state index is -3.54. The molecule has 0 atom stereocenters. The zero-order chi connectivity index (χ0) is 17.4. The third kappa shape index (κ3) is 5.95. The molecule has 8 heteroatoms. The van der Waals surface area contributed by atoms with E-state index in [1.807, 2.05) is 31.2 Å². The summed E-state index contributed by atoms with van der Waals surface area (Å²) in [6, 6.07) is 10.7. The number of hydrogen-bond donors (Lipinski definition) is 1. The second-order valence-corrected chi connectivity index (χ2v) is 7.90. The van der Waals surface area contributed by atoms with E-state index in [-0.39, 0.29) is 30.4 Å². The van der Waals surface area contributed by atoms with E-state index < -0.39 is 16.0 Å². The third-order valence-electron chi connectivity index (χ3n) is 3.02. The summed E-state index contributed by atoms with van der Waals surface area (Å²) in [5.41, 5.74) is 1.14. The molecule has 0 unspecified atom stereocenters. The quantitative estimate of drug-likeness (QED) is 0.542. The Bertz CT molecular complexity index is 739. The lowest BCUT2D eigenvalue weighted by atomic mass is 10.2. The average Bonchev–Trinajstić information content (AvgIpc) is 3.08. The maximum atomic E-state index is 11.8. The predicted molar refractivity (Wildman–Crippen MR) is 91.8 cm³/mol. The van der Waals surface area contributed by atoms with Crippen LogP contribution in [0.1, 0.15) is 12.0 Å². The molecule has 0 saturated heterocycles. The van der Waals surface area contributed by atoms with Crippen LogP contribution in [0.25, 0.3) is 0 Å². The van der Waals surface area contributed by atoms with E-state index >= 15 is 0 Å². The van der Waals surface area contributed by atoms with Crippen LogP contribution in [-0.2, 0) is 19.6 Å². The zero-order valence-corrected chi connectivity index (χ0v) is 14.9. The van der Waals surface area contributed by atoms with Crippen molar-refractivity contribution in [1.82, 2.24) is 4.72 Å². The number of carbonyl (C=O) groups excluding carboxylic acids is 1. The van der Waals surface area contributed by atoms with Gasteiger partial charge in [0.25, 0.3) is 0 Å². The summed E-state index contributed by atoms with van der Waals surface area (Å²) in [4.78, 5) is 11.6. The second kappa shape index (κ2) is 8.81. The number of thiophene rings is 1. The Balaban J connectivity index is 1.61. The first-order chi connectivity index (χ1) is 11.5. The maximum Gasteiger partial charge on any atom is 0.307 e. The van der Waals surface area contributed by atoms with E-state index in [0.29, 0.717) is 5.75 Å². The highest BCUT2D eigenvalue weighted by Gasteiger charge is 2.15. The number of ether oxygens (including phenoxy) is 2. The predicted octanol–water partition coefficient (Wildman–Crippen LogP) is 2.35. The number of benzene rings is 1. The number of sulfonamides is 1. The number of carbonyl (C=O) groups is 1. The van der Waals surface area contributed by atoms with Gasteiger partial charge in [-0.3, -0.25) is 4.79 Å². The molecule has 0 spiro atoms. The number of esters is 1. The van der Waals surface area contributed by atoms with Crippen LogP contribution in [-0.4, -0.2) is 34.1 Å². The fourth-order valence-electron chi connectivity index (χ4n) is 1.80. The summed E-state index contributed by atoms with van der Waals surface area (Å²) in [6.45, 7) is 2.34. The van der Waals surface area contributed by atoms with Crippen LogP contribution in [0.4, 0.5) is 0 Å². The summed E-state index contributed by atoms with van der Waals surface area (Å²) >= 11 is 1.12. The van der Waals surface area contributed by atoms with Crippen molar-refractivity contribution in [2.24, 2.45) is 0 Å². The normalized spacial score (nSPS) is 11.2. The molecule has 130 valence electrons. The lowest BCUT2D eigenvalue weighted by Gasteiger charge is -2.08. The first-order valence-corrected chi connectivity index (χ1v) is 9.72. The number of rotatable bonds is 9. The fourth-order valence-corrected chi connectivity index (χ4v) is 3.87. The van der Waals surface area contributed by atoms with Gasteiger partial charge in [0, 0.05) is 6.54 Å². The van der Waals surface area contributed by atoms with Crippen molar-refractivity contribution in [3.63, 3.8) is 0 Å². The van der Waals surface area contributed by atoms with Gasteiger partial charge in [0.15, 0.2) is 0 Å². The van der Waals surface area contributed by atoms with Crippen LogP contribution >= 0.6 is 11.3 Å². The summed E-state index contributed by atoms with van der Waals surface area (Å²) in [7, 11) is -3.54. The SMILES string of the molecule is Cc1ccc(OCCOC(=O)CCNS(=O)(=O)c2cccs2)cc1. The number of nitrogens with one attached hydrogen (secondary N) is 1. The van der Waals surface area contributed by atoms with Crippen molar-refractivity contribution >= 4 is 27.3 Å². The highest BCUT2D eigenvalue weighted by atomic mass is 32.2. The van der Waals surface area contributed by atoms with Gasteiger partial charge in [-0.2, -0.15) is 0 Å². The first-order valence-electron chi connectivity index (χ1n) is 7.35.